The van der Waals surface area contributed by atoms with Gasteiger partial charge >= 0.3 is 0 Å². The van der Waals surface area contributed by atoms with Gasteiger partial charge in [-0.25, -0.2) is 0 Å². The van der Waals surface area contributed by atoms with Crippen LogP contribution in [0, 0.1) is 18.3 Å². The highest BCUT2D eigenvalue weighted by atomic mass is 79.9. The summed E-state index contributed by atoms with van der Waals surface area (Å²) in [6.07, 6.45) is 1.46. The Kier molecular flexibility index (Phi) is 3.63. The minimum atomic E-state index is -0.840. The number of aryl methyl sites for hydroxylation is 1. The molecule has 3 nitrogen and oxygen atoms in total. The minimum Gasteiger partial charge on any atom is -0.461 e. The van der Waals surface area contributed by atoms with Crippen molar-refractivity contribution in [2.24, 2.45) is 0 Å². The molecule has 0 aliphatic heterocycles. The van der Waals surface area contributed by atoms with Gasteiger partial charge in [-0.3, -0.25) is 4.79 Å². The molecule has 1 aromatic heterocycles. The Bertz CT molecular complexity index is 625. The first kappa shape index (κ1) is 12.6. The van der Waals surface area contributed by atoms with Gasteiger partial charge in [0.2, 0.25) is 5.78 Å². The van der Waals surface area contributed by atoms with Crippen LogP contribution < -0.4 is 0 Å². The zero-order chi connectivity index (χ0) is 13.1. The molecule has 0 amide bonds. The van der Waals surface area contributed by atoms with Gasteiger partial charge in [0.15, 0.2) is 5.76 Å². The van der Waals surface area contributed by atoms with E-state index in [1.807, 2.05) is 12.1 Å². The highest BCUT2D eigenvalue weighted by molar-refractivity contribution is 9.10. The lowest BCUT2D eigenvalue weighted by Gasteiger charge is -2.07. The van der Waals surface area contributed by atoms with E-state index in [0.29, 0.717) is 5.56 Å². The summed E-state index contributed by atoms with van der Waals surface area (Å²) in [6.45, 7) is 1.78. The Balaban J connectivity index is 2.39. The maximum absolute atomic E-state index is 12.2. The Labute approximate surface area is 113 Å². The molecule has 0 aliphatic rings. The summed E-state index contributed by atoms with van der Waals surface area (Å²) in [4.78, 5) is 12.2. The predicted octanol–water partition coefficient (Wildman–Crippen LogP) is 3.84. The summed E-state index contributed by atoms with van der Waals surface area (Å²) in [5.41, 5.74) is 1.41. The molecule has 1 atom stereocenters. The van der Waals surface area contributed by atoms with Crippen LogP contribution in [-0.2, 0) is 0 Å². The van der Waals surface area contributed by atoms with Crippen LogP contribution in [0.4, 0.5) is 0 Å². The smallest absolute Gasteiger partial charge is 0.219 e. The monoisotopic (exact) mass is 303 g/mol. The topological polar surface area (TPSA) is 54.0 Å². The number of halogens is 1. The number of Topliss-reactive ketones (excluding diaryl/α,β-unsaturated/α-hetero) is 1. The van der Waals surface area contributed by atoms with Gasteiger partial charge in [-0.2, -0.15) is 5.26 Å². The van der Waals surface area contributed by atoms with Crippen LogP contribution >= 0.6 is 15.9 Å². The lowest BCUT2D eigenvalue weighted by Crippen LogP contribution is -2.11. The Morgan fingerprint density at radius 2 is 2.22 bits per heavy atom. The summed E-state index contributed by atoms with van der Waals surface area (Å²) in [5.74, 6) is -0.896. The second-order valence-corrected chi connectivity index (χ2v) is 4.83. The standard InChI is InChI=1S/C14H10BrNO2/c1-9-5-6-18-14(9)13(17)12(8-16)10-3-2-4-11(15)7-10/h2-7,12H,1H3. The third-order valence-electron chi connectivity index (χ3n) is 2.66. The Hall–Kier alpha value is -1.86. The predicted molar refractivity (Wildman–Crippen MR) is 70.3 cm³/mol. The Morgan fingerprint density at radius 3 is 2.78 bits per heavy atom. The van der Waals surface area contributed by atoms with Gasteiger partial charge in [-0.05, 0) is 36.2 Å². The number of rotatable bonds is 3. The van der Waals surface area contributed by atoms with Crippen LogP contribution in [0.2, 0.25) is 0 Å². The summed E-state index contributed by atoms with van der Waals surface area (Å²) < 4.78 is 5.99. The number of ketones is 1. The van der Waals surface area contributed by atoms with Crippen LogP contribution in [0.5, 0.6) is 0 Å². The summed E-state index contributed by atoms with van der Waals surface area (Å²) in [6, 6.07) is 10.9. The average Bonchev–Trinajstić information content (AvgIpc) is 2.76. The van der Waals surface area contributed by atoms with E-state index in [1.165, 1.54) is 6.26 Å². The van der Waals surface area contributed by atoms with Gasteiger partial charge < -0.3 is 4.42 Å². The summed E-state index contributed by atoms with van der Waals surface area (Å²) in [7, 11) is 0. The normalized spacial score (nSPS) is 11.8. The fraction of sp³-hybridized carbons (Fsp3) is 0.143. The molecule has 0 spiro atoms. The van der Waals surface area contributed by atoms with Crippen LogP contribution in [0.3, 0.4) is 0 Å². The van der Waals surface area contributed by atoms with Crippen molar-refractivity contribution in [1.82, 2.24) is 0 Å². The van der Waals surface area contributed by atoms with Crippen LogP contribution in [0.15, 0.2) is 45.5 Å². The number of hydrogen-bond acceptors (Lipinski definition) is 3. The number of carbonyl (C=O) groups is 1. The molecule has 1 aromatic carbocycles. The zero-order valence-corrected chi connectivity index (χ0v) is 11.3. The van der Waals surface area contributed by atoms with E-state index in [1.54, 1.807) is 31.2 Å². The van der Waals surface area contributed by atoms with E-state index in [9.17, 15) is 10.1 Å². The number of benzene rings is 1. The van der Waals surface area contributed by atoms with Crippen molar-refractivity contribution in [3.05, 3.63) is 58.0 Å². The van der Waals surface area contributed by atoms with Gasteiger partial charge in [-0.15, -0.1) is 0 Å². The molecule has 0 radical (unpaired) electrons. The highest BCUT2D eigenvalue weighted by Crippen LogP contribution is 2.25. The fourth-order valence-electron chi connectivity index (χ4n) is 1.73. The molecule has 2 aromatic rings. The van der Waals surface area contributed by atoms with Gasteiger partial charge in [-0.1, -0.05) is 28.1 Å². The molecule has 18 heavy (non-hydrogen) atoms. The lowest BCUT2D eigenvalue weighted by molar-refractivity contribution is 0.0951. The molecule has 4 heteroatoms. The molecule has 0 saturated heterocycles. The van der Waals surface area contributed by atoms with E-state index >= 15 is 0 Å². The minimum absolute atomic E-state index is 0.251. The highest BCUT2D eigenvalue weighted by Gasteiger charge is 2.25. The molecule has 0 aliphatic carbocycles. The third-order valence-corrected chi connectivity index (χ3v) is 3.15. The van der Waals surface area contributed by atoms with Crippen molar-refractivity contribution in [3.63, 3.8) is 0 Å². The van der Waals surface area contributed by atoms with E-state index in [2.05, 4.69) is 15.9 Å². The number of nitriles is 1. The Morgan fingerprint density at radius 1 is 1.44 bits per heavy atom. The zero-order valence-electron chi connectivity index (χ0n) is 9.68. The second kappa shape index (κ2) is 5.19. The van der Waals surface area contributed by atoms with Gasteiger partial charge in [0.1, 0.15) is 5.92 Å². The molecule has 1 heterocycles. The van der Waals surface area contributed by atoms with Gasteiger partial charge in [0.25, 0.3) is 0 Å². The van der Waals surface area contributed by atoms with E-state index < -0.39 is 5.92 Å². The van der Waals surface area contributed by atoms with Crippen molar-refractivity contribution in [1.29, 1.82) is 5.26 Å². The largest absolute Gasteiger partial charge is 0.461 e. The molecule has 0 N–H and O–H groups in total. The van der Waals surface area contributed by atoms with Gasteiger partial charge in [0, 0.05) is 4.47 Å². The lowest BCUT2D eigenvalue weighted by atomic mass is 9.94. The number of furan rings is 1. The van der Waals surface area contributed by atoms with Crippen LogP contribution in [0.25, 0.3) is 0 Å². The number of hydrogen-bond donors (Lipinski definition) is 0. The number of nitrogens with zero attached hydrogens (tertiary/aromatic N) is 1. The molecule has 90 valence electrons. The first-order valence-corrected chi connectivity index (χ1v) is 6.16. The second-order valence-electron chi connectivity index (χ2n) is 3.91. The molecular weight excluding hydrogens is 294 g/mol. The maximum atomic E-state index is 12.2. The quantitative estimate of drug-likeness (QED) is 0.810. The fourth-order valence-corrected chi connectivity index (χ4v) is 2.14. The molecule has 2 rings (SSSR count). The van der Waals surface area contributed by atoms with E-state index in [0.717, 1.165) is 10.0 Å². The van der Waals surface area contributed by atoms with Gasteiger partial charge in [0.05, 0.1) is 12.3 Å². The molecule has 0 saturated carbocycles. The summed E-state index contributed by atoms with van der Waals surface area (Å²) in [5, 5.41) is 9.20. The third kappa shape index (κ3) is 2.36. The molecule has 0 fully saturated rings. The van der Waals surface area contributed by atoms with E-state index in [-0.39, 0.29) is 11.5 Å². The number of carbonyl (C=O) groups excluding carboxylic acids is 1. The van der Waals surface area contributed by atoms with Crippen molar-refractivity contribution in [3.8, 4) is 6.07 Å². The first-order chi connectivity index (χ1) is 8.63. The first-order valence-electron chi connectivity index (χ1n) is 5.37. The maximum Gasteiger partial charge on any atom is 0.219 e. The average molecular weight is 304 g/mol. The van der Waals surface area contributed by atoms with Crippen molar-refractivity contribution >= 4 is 21.7 Å². The molecule has 1 unspecified atom stereocenters. The van der Waals surface area contributed by atoms with Crippen LogP contribution in [-0.4, -0.2) is 5.78 Å². The molecular formula is C14H10BrNO2. The van der Waals surface area contributed by atoms with Crippen molar-refractivity contribution < 1.29 is 9.21 Å². The van der Waals surface area contributed by atoms with E-state index in [4.69, 9.17) is 4.42 Å². The SMILES string of the molecule is Cc1ccoc1C(=O)C(C#N)c1cccc(Br)c1. The van der Waals surface area contributed by atoms with Crippen molar-refractivity contribution in [2.45, 2.75) is 12.8 Å². The summed E-state index contributed by atoms with van der Waals surface area (Å²) >= 11 is 3.33. The molecule has 0 bridgehead atoms. The van der Waals surface area contributed by atoms with Crippen molar-refractivity contribution in [2.75, 3.05) is 0 Å². The van der Waals surface area contributed by atoms with Crippen LogP contribution in [0.1, 0.15) is 27.6 Å².